The van der Waals surface area contributed by atoms with Gasteiger partial charge in [-0.15, -0.1) is 0 Å². The second kappa shape index (κ2) is 7.65. The molecule has 0 amide bonds. The summed E-state index contributed by atoms with van der Waals surface area (Å²) in [6.45, 7) is 0. The number of phenolic OH excluding ortho intramolecular Hbond substituents is 7. The Morgan fingerprint density at radius 1 is 0.781 bits per heavy atom. The number of phenols is 7. The van der Waals surface area contributed by atoms with Crippen LogP contribution in [0.25, 0.3) is 0 Å². The van der Waals surface area contributed by atoms with Crippen LogP contribution >= 0.6 is 0 Å². The van der Waals surface area contributed by atoms with Gasteiger partial charge >= 0.3 is 5.97 Å². The van der Waals surface area contributed by atoms with Crippen molar-refractivity contribution >= 4 is 5.97 Å². The zero-order valence-corrected chi connectivity index (χ0v) is 16.3. The van der Waals surface area contributed by atoms with Crippen molar-refractivity contribution < 1.29 is 50.0 Å². The third-order valence-corrected chi connectivity index (χ3v) is 4.98. The molecule has 0 saturated carbocycles. The summed E-state index contributed by atoms with van der Waals surface area (Å²) in [5, 5.41) is 68.7. The maximum atomic E-state index is 12.7. The van der Waals surface area contributed by atoms with E-state index in [1.165, 1.54) is 6.07 Å². The molecule has 10 heteroatoms. The molecule has 1 aliphatic rings. The predicted molar refractivity (Wildman–Crippen MR) is 107 cm³/mol. The van der Waals surface area contributed by atoms with E-state index in [1.54, 1.807) is 0 Å². The van der Waals surface area contributed by atoms with E-state index in [2.05, 4.69) is 0 Å². The van der Waals surface area contributed by atoms with Crippen molar-refractivity contribution in [2.45, 2.75) is 18.6 Å². The van der Waals surface area contributed by atoms with Gasteiger partial charge in [-0.25, -0.2) is 4.79 Å². The fraction of sp³-hybridized carbons (Fsp3) is 0.136. The zero-order valence-electron chi connectivity index (χ0n) is 16.3. The molecular weight excluding hydrogens is 424 g/mol. The molecule has 0 spiro atoms. The highest BCUT2D eigenvalue weighted by molar-refractivity contribution is 5.90. The maximum absolute atomic E-state index is 12.7. The first kappa shape index (κ1) is 20.8. The molecule has 0 saturated heterocycles. The monoisotopic (exact) mass is 442 g/mol. The number of aromatic hydroxyl groups is 7. The van der Waals surface area contributed by atoms with Gasteiger partial charge in [-0.3, -0.25) is 0 Å². The Kier molecular flexibility index (Phi) is 4.97. The first-order chi connectivity index (χ1) is 15.1. The predicted octanol–water partition coefficient (Wildman–Crippen LogP) is 2.53. The minimum absolute atomic E-state index is 0.0783. The van der Waals surface area contributed by atoms with E-state index in [1.807, 2.05) is 0 Å². The maximum Gasteiger partial charge on any atom is 0.338 e. The lowest BCUT2D eigenvalue weighted by molar-refractivity contribution is -0.0189. The second-order valence-electron chi connectivity index (χ2n) is 7.27. The van der Waals surface area contributed by atoms with Gasteiger partial charge in [-0.2, -0.15) is 0 Å². The van der Waals surface area contributed by atoms with Crippen molar-refractivity contribution in [1.82, 2.24) is 0 Å². The van der Waals surface area contributed by atoms with Gasteiger partial charge in [-0.1, -0.05) is 0 Å². The summed E-state index contributed by atoms with van der Waals surface area (Å²) in [6, 6.07) is 7.75. The minimum Gasteiger partial charge on any atom is -0.508 e. The van der Waals surface area contributed by atoms with Gasteiger partial charge in [-0.05, 0) is 24.3 Å². The van der Waals surface area contributed by atoms with Crippen LogP contribution in [0.5, 0.6) is 46.0 Å². The number of esters is 1. The molecule has 0 aromatic heterocycles. The van der Waals surface area contributed by atoms with Crippen LogP contribution in [0.1, 0.15) is 27.6 Å². The summed E-state index contributed by atoms with van der Waals surface area (Å²) in [4.78, 5) is 12.7. The number of carbonyl (C=O) groups excluding carboxylic acids is 1. The highest BCUT2D eigenvalue weighted by atomic mass is 16.6. The Hall–Kier alpha value is -4.47. The largest absolute Gasteiger partial charge is 0.508 e. The molecule has 0 unspecified atom stereocenters. The molecule has 32 heavy (non-hydrogen) atoms. The van der Waals surface area contributed by atoms with Gasteiger partial charge in [0.05, 0.1) is 5.56 Å². The van der Waals surface area contributed by atoms with E-state index in [9.17, 15) is 40.5 Å². The van der Waals surface area contributed by atoms with Gasteiger partial charge in [0.25, 0.3) is 0 Å². The van der Waals surface area contributed by atoms with E-state index in [0.29, 0.717) is 0 Å². The summed E-state index contributed by atoms with van der Waals surface area (Å²) in [6.07, 6.45) is -2.32. The van der Waals surface area contributed by atoms with Crippen molar-refractivity contribution in [1.29, 1.82) is 0 Å². The third-order valence-electron chi connectivity index (χ3n) is 4.98. The molecule has 166 valence electrons. The number of hydrogen-bond acceptors (Lipinski definition) is 10. The SMILES string of the molecule is O=C(O[C@H]1Cc2c(O)cc(O)cc2O[C@@H]1c1cc(O)c(O)c(O)c1)c1cc(O)cc(O)c1. The average Bonchev–Trinajstić information content (AvgIpc) is 2.71. The zero-order chi connectivity index (χ0) is 23.2. The lowest BCUT2D eigenvalue weighted by Gasteiger charge is -2.34. The van der Waals surface area contributed by atoms with Gasteiger partial charge in [0, 0.05) is 35.7 Å². The lowest BCUT2D eigenvalue weighted by atomic mass is 9.93. The molecule has 2 atom stereocenters. The summed E-state index contributed by atoms with van der Waals surface area (Å²) in [5.41, 5.74) is 0.212. The normalized spacial score (nSPS) is 17.2. The van der Waals surface area contributed by atoms with Crippen LogP contribution in [0.2, 0.25) is 0 Å². The number of hydrogen-bond donors (Lipinski definition) is 7. The Morgan fingerprint density at radius 3 is 2.00 bits per heavy atom. The molecule has 1 heterocycles. The quantitative estimate of drug-likeness (QED) is 0.235. The van der Waals surface area contributed by atoms with Crippen molar-refractivity contribution in [2.24, 2.45) is 0 Å². The molecule has 0 radical (unpaired) electrons. The van der Waals surface area contributed by atoms with Crippen molar-refractivity contribution in [3.05, 3.63) is 59.2 Å². The Labute approximate surface area is 180 Å². The molecule has 10 nitrogen and oxygen atoms in total. The molecule has 0 fully saturated rings. The van der Waals surface area contributed by atoms with Crippen LogP contribution < -0.4 is 4.74 Å². The highest BCUT2D eigenvalue weighted by Gasteiger charge is 2.37. The minimum atomic E-state index is -1.13. The van der Waals surface area contributed by atoms with E-state index < -0.39 is 35.4 Å². The van der Waals surface area contributed by atoms with E-state index in [-0.39, 0.29) is 51.9 Å². The number of fused-ring (bicyclic) bond motifs is 1. The molecule has 0 aliphatic carbocycles. The Balaban J connectivity index is 1.75. The number of carbonyl (C=O) groups is 1. The van der Waals surface area contributed by atoms with Crippen LogP contribution in [0.15, 0.2) is 42.5 Å². The molecule has 1 aliphatic heterocycles. The second-order valence-corrected chi connectivity index (χ2v) is 7.27. The molecule has 3 aromatic rings. The number of rotatable bonds is 3. The van der Waals surface area contributed by atoms with Gasteiger partial charge in [0.15, 0.2) is 23.4 Å². The van der Waals surface area contributed by atoms with Gasteiger partial charge in [0.2, 0.25) is 0 Å². The summed E-state index contributed by atoms with van der Waals surface area (Å²) >= 11 is 0. The molecule has 7 N–H and O–H groups in total. The van der Waals surface area contributed by atoms with Gasteiger partial charge < -0.3 is 45.2 Å². The average molecular weight is 442 g/mol. The van der Waals surface area contributed by atoms with E-state index in [0.717, 1.165) is 36.4 Å². The summed E-state index contributed by atoms with van der Waals surface area (Å²) in [7, 11) is 0. The smallest absolute Gasteiger partial charge is 0.338 e. The molecule has 0 bridgehead atoms. The first-order valence-electron chi connectivity index (χ1n) is 9.32. The fourth-order valence-electron chi connectivity index (χ4n) is 3.54. The fourth-order valence-corrected chi connectivity index (χ4v) is 3.54. The van der Waals surface area contributed by atoms with Crippen molar-refractivity contribution in [3.63, 3.8) is 0 Å². The topological polar surface area (TPSA) is 177 Å². The van der Waals surface area contributed by atoms with E-state index in [4.69, 9.17) is 9.47 Å². The van der Waals surface area contributed by atoms with Crippen molar-refractivity contribution in [2.75, 3.05) is 0 Å². The van der Waals surface area contributed by atoms with E-state index >= 15 is 0 Å². The molecule has 4 rings (SSSR count). The van der Waals surface area contributed by atoms with Crippen LogP contribution in [-0.2, 0) is 11.2 Å². The molecule has 3 aromatic carbocycles. The summed E-state index contributed by atoms with van der Waals surface area (Å²) in [5.74, 6) is -4.17. The first-order valence-corrected chi connectivity index (χ1v) is 9.32. The van der Waals surface area contributed by atoms with Crippen LogP contribution in [0, 0.1) is 0 Å². The standard InChI is InChI=1S/C22H18O10/c23-11-1-10(2-12(24)5-11)22(30)32-19-8-14-15(26)6-13(25)7-18(14)31-21(19)9-3-16(27)20(29)17(28)4-9/h1-7,19,21,23-29H,8H2/t19-,21+/m0/s1. The van der Waals surface area contributed by atoms with Gasteiger partial charge in [0.1, 0.15) is 34.9 Å². The van der Waals surface area contributed by atoms with Crippen LogP contribution in [0.3, 0.4) is 0 Å². The number of ether oxygens (including phenoxy) is 2. The summed E-state index contributed by atoms with van der Waals surface area (Å²) < 4.78 is 11.3. The van der Waals surface area contributed by atoms with Crippen molar-refractivity contribution in [3.8, 4) is 46.0 Å². The lowest BCUT2D eigenvalue weighted by Crippen LogP contribution is -2.34. The van der Waals surface area contributed by atoms with Crippen LogP contribution in [0.4, 0.5) is 0 Å². The number of benzene rings is 3. The highest BCUT2D eigenvalue weighted by Crippen LogP contribution is 2.45. The third kappa shape index (κ3) is 3.81. The Morgan fingerprint density at radius 2 is 1.38 bits per heavy atom. The Bertz CT molecular complexity index is 1180. The van der Waals surface area contributed by atoms with Crippen LogP contribution in [-0.4, -0.2) is 47.8 Å². The molecular formula is C22H18O10.